The second-order valence-electron chi connectivity index (χ2n) is 3.72. The molecule has 1 aliphatic heterocycles. The molecule has 1 aromatic rings. The summed E-state index contributed by atoms with van der Waals surface area (Å²) in [5, 5.41) is 12.9. The van der Waals surface area contributed by atoms with Gasteiger partial charge in [0.2, 0.25) is 0 Å². The Bertz CT molecular complexity index is 386. The molecule has 0 aliphatic carbocycles. The SMILES string of the molecule is O=C(O)C1(c2ccccc2Cl)CCCN1. The van der Waals surface area contributed by atoms with Crippen LogP contribution in [0.25, 0.3) is 0 Å². The van der Waals surface area contributed by atoms with E-state index in [1.807, 2.05) is 6.07 Å². The smallest absolute Gasteiger partial charge is 0.328 e. The zero-order valence-electron chi connectivity index (χ0n) is 8.16. The van der Waals surface area contributed by atoms with Gasteiger partial charge in [0.05, 0.1) is 0 Å². The zero-order valence-corrected chi connectivity index (χ0v) is 8.92. The van der Waals surface area contributed by atoms with Crippen LogP contribution in [-0.2, 0) is 10.3 Å². The Morgan fingerprint density at radius 3 is 2.73 bits per heavy atom. The molecule has 15 heavy (non-hydrogen) atoms. The highest BCUT2D eigenvalue weighted by Crippen LogP contribution is 2.35. The average Bonchev–Trinajstić information content (AvgIpc) is 2.68. The summed E-state index contributed by atoms with van der Waals surface area (Å²) in [5.74, 6) is -0.854. The van der Waals surface area contributed by atoms with E-state index in [4.69, 9.17) is 11.6 Å². The van der Waals surface area contributed by atoms with E-state index in [-0.39, 0.29) is 0 Å². The molecule has 1 unspecified atom stereocenters. The Morgan fingerprint density at radius 1 is 1.47 bits per heavy atom. The molecular weight excluding hydrogens is 214 g/mol. The lowest BCUT2D eigenvalue weighted by atomic mass is 9.88. The highest BCUT2D eigenvalue weighted by atomic mass is 35.5. The van der Waals surface area contributed by atoms with Crippen LogP contribution in [0.3, 0.4) is 0 Å². The number of aliphatic carboxylic acids is 1. The number of hydrogen-bond acceptors (Lipinski definition) is 2. The van der Waals surface area contributed by atoms with Crippen molar-refractivity contribution in [2.45, 2.75) is 18.4 Å². The molecule has 0 amide bonds. The lowest BCUT2D eigenvalue weighted by molar-refractivity contribution is -0.144. The maximum atomic E-state index is 11.4. The Morgan fingerprint density at radius 2 is 2.20 bits per heavy atom. The summed E-state index contributed by atoms with van der Waals surface area (Å²) < 4.78 is 0. The number of hydrogen-bond donors (Lipinski definition) is 2. The molecule has 1 atom stereocenters. The molecule has 1 heterocycles. The van der Waals surface area contributed by atoms with Crippen molar-refractivity contribution in [2.24, 2.45) is 0 Å². The fraction of sp³-hybridized carbons (Fsp3) is 0.364. The predicted octanol–water partition coefficient (Wildman–Crippen LogP) is 2.00. The lowest BCUT2D eigenvalue weighted by Gasteiger charge is -2.25. The molecule has 0 spiro atoms. The Balaban J connectivity index is 2.50. The van der Waals surface area contributed by atoms with Crippen LogP contribution in [0.2, 0.25) is 5.02 Å². The first-order valence-electron chi connectivity index (χ1n) is 4.90. The second-order valence-corrected chi connectivity index (χ2v) is 4.13. The van der Waals surface area contributed by atoms with E-state index in [0.717, 1.165) is 13.0 Å². The maximum absolute atomic E-state index is 11.4. The van der Waals surface area contributed by atoms with Gasteiger partial charge in [-0.15, -0.1) is 0 Å². The van der Waals surface area contributed by atoms with Crippen LogP contribution < -0.4 is 5.32 Å². The predicted molar refractivity (Wildman–Crippen MR) is 58.0 cm³/mol. The molecule has 1 aromatic carbocycles. The van der Waals surface area contributed by atoms with Crippen LogP contribution in [0.5, 0.6) is 0 Å². The summed E-state index contributed by atoms with van der Waals surface area (Å²) in [4.78, 5) is 11.4. The van der Waals surface area contributed by atoms with E-state index in [0.29, 0.717) is 17.0 Å². The summed E-state index contributed by atoms with van der Waals surface area (Å²) in [5.41, 5.74) is -0.324. The molecule has 1 saturated heterocycles. The van der Waals surface area contributed by atoms with Gasteiger partial charge in [-0.3, -0.25) is 5.32 Å². The standard InChI is InChI=1S/C11H12ClNO2/c12-9-5-2-1-4-8(9)11(10(14)15)6-3-7-13-11/h1-2,4-5,13H,3,6-7H2,(H,14,15). The van der Waals surface area contributed by atoms with Crippen LogP contribution in [-0.4, -0.2) is 17.6 Å². The number of carbonyl (C=O) groups is 1. The lowest BCUT2D eigenvalue weighted by Crippen LogP contribution is -2.44. The van der Waals surface area contributed by atoms with Crippen molar-refractivity contribution in [3.8, 4) is 0 Å². The fourth-order valence-electron chi connectivity index (χ4n) is 2.08. The molecule has 1 aliphatic rings. The van der Waals surface area contributed by atoms with Gasteiger partial charge in [-0.05, 0) is 25.5 Å². The van der Waals surface area contributed by atoms with Gasteiger partial charge in [-0.1, -0.05) is 29.8 Å². The van der Waals surface area contributed by atoms with Crippen molar-refractivity contribution in [3.05, 3.63) is 34.9 Å². The van der Waals surface area contributed by atoms with E-state index >= 15 is 0 Å². The van der Waals surface area contributed by atoms with Gasteiger partial charge < -0.3 is 5.11 Å². The molecule has 2 rings (SSSR count). The van der Waals surface area contributed by atoms with Gasteiger partial charge in [-0.2, -0.15) is 0 Å². The minimum atomic E-state index is -0.988. The van der Waals surface area contributed by atoms with E-state index in [1.165, 1.54) is 0 Å². The number of carboxylic acids is 1. The number of benzene rings is 1. The second kappa shape index (κ2) is 3.83. The van der Waals surface area contributed by atoms with Crippen molar-refractivity contribution >= 4 is 17.6 Å². The third kappa shape index (κ3) is 1.62. The molecule has 0 bridgehead atoms. The van der Waals surface area contributed by atoms with Gasteiger partial charge >= 0.3 is 5.97 Å². The zero-order chi connectivity index (χ0) is 10.9. The summed E-state index contributed by atoms with van der Waals surface area (Å²) in [6.07, 6.45) is 1.45. The highest BCUT2D eigenvalue weighted by molar-refractivity contribution is 6.31. The molecule has 80 valence electrons. The molecule has 4 heteroatoms. The van der Waals surface area contributed by atoms with Gasteiger partial charge in [-0.25, -0.2) is 4.79 Å². The van der Waals surface area contributed by atoms with Crippen molar-refractivity contribution in [2.75, 3.05) is 6.54 Å². The highest BCUT2D eigenvalue weighted by Gasteiger charge is 2.43. The van der Waals surface area contributed by atoms with Crippen LogP contribution in [0.1, 0.15) is 18.4 Å². The molecule has 0 saturated carbocycles. The average molecular weight is 226 g/mol. The van der Waals surface area contributed by atoms with Crippen molar-refractivity contribution in [1.29, 1.82) is 0 Å². The van der Waals surface area contributed by atoms with Gasteiger partial charge in [0.25, 0.3) is 0 Å². The molecule has 0 aromatic heterocycles. The molecule has 1 fully saturated rings. The van der Waals surface area contributed by atoms with Gasteiger partial charge in [0.1, 0.15) is 5.54 Å². The Hall–Kier alpha value is -1.06. The normalized spacial score (nSPS) is 25.4. The first-order chi connectivity index (χ1) is 7.17. The van der Waals surface area contributed by atoms with E-state index in [2.05, 4.69) is 5.32 Å². The van der Waals surface area contributed by atoms with Crippen LogP contribution in [0, 0.1) is 0 Å². The van der Waals surface area contributed by atoms with Crippen LogP contribution in [0.4, 0.5) is 0 Å². The minimum Gasteiger partial charge on any atom is -0.480 e. The topological polar surface area (TPSA) is 49.3 Å². The van der Waals surface area contributed by atoms with E-state index in [1.54, 1.807) is 18.2 Å². The fourth-order valence-corrected chi connectivity index (χ4v) is 2.38. The van der Waals surface area contributed by atoms with Crippen molar-refractivity contribution in [1.82, 2.24) is 5.32 Å². The molecule has 0 radical (unpaired) electrons. The monoisotopic (exact) mass is 225 g/mol. The molecular formula is C11H12ClNO2. The number of rotatable bonds is 2. The van der Waals surface area contributed by atoms with E-state index < -0.39 is 11.5 Å². The summed E-state index contributed by atoms with van der Waals surface area (Å²) in [6, 6.07) is 7.11. The number of nitrogens with one attached hydrogen (secondary N) is 1. The van der Waals surface area contributed by atoms with Crippen molar-refractivity contribution < 1.29 is 9.90 Å². The van der Waals surface area contributed by atoms with Crippen molar-refractivity contribution in [3.63, 3.8) is 0 Å². The molecule has 2 N–H and O–H groups in total. The first kappa shape index (κ1) is 10.5. The maximum Gasteiger partial charge on any atom is 0.328 e. The summed E-state index contributed by atoms with van der Waals surface area (Å²) >= 11 is 6.03. The summed E-state index contributed by atoms with van der Waals surface area (Å²) in [7, 11) is 0. The quantitative estimate of drug-likeness (QED) is 0.810. The Kier molecular flexibility index (Phi) is 2.67. The first-order valence-corrected chi connectivity index (χ1v) is 5.28. The van der Waals surface area contributed by atoms with Crippen LogP contribution in [0.15, 0.2) is 24.3 Å². The van der Waals surface area contributed by atoms with Gasteiger partial charge in [0.15, 0.2) is 0 Å². The minimum absolute atomic E-state index is 0.509. The van der Waals surface area contributed by atoms with Crippen LogP contribution >= 0.6 is 11.6 Å². The largest absolute Gasteiger partial charge is 0.480 e. The molecule has 3 nitrogen and oxygen atoms in total. The van der Waals surface area contributed by atoms with Gasteiger partial charge in [0, 0.05) is 10.6 Å². The third-order valence-corrected chi connectivity index (χ3v) is 3.18. The summed E-state index contributed by atoms with van der Waals surface area (Å²) in [6.45, 7) is 0.720. The number of halogens is 1. The third-order valence-electron chi connectivity index (χ3n) is 2.85. The van der Waals surface area contributed by atoms with E-state index in [9.17, 15) is 9.90 Å². The Labute approximate surface area is 93.1 Å². The number of carboxylic acid groups (broad SMARTS) is 1.